The summed E-state index contributed by atoms with van der Waals surface area (Å²) in [6.07, 6.45) is 0.460. The van der Waals surface area contributed by atoms with Crippen molar-refractivity contribution in [2.24, 2.45) is 0 Å². The van der Waals surface area contributed by atoms with Crippen molar-refractivity contribution in [3.63, 3.8) is 0 Å². The number of rotatable bonds is 6. The van der Waals surface area contributed by atoms with Crippen molar-refractivity contribution in [2.45, 2.75) is 45.6 Å². The van der Waals surface area contributed by atoms with Crippen LogP contribution >= 0.6 is 0 Å². The molecule has 0 bridgehead atoms. The van der Waals surface area contributed by atoms with Gasteiger partial charge in [-0.3, -0.25) is 0 Å². The van der Waals surface area contributed by atoms with Gasteiger partial charge in [0.1, 0.15) is 17.2 Å². The summed E-state index contributed by atoms with van der Waals surface area (Å²) in [5, 5.41) is 9.34. The van der Waals surface area contributed by atoms with Crippen LogP contribution in [-0.2, 0) is 4.79 Å². The van der Waals surface area contributed by atoms with Gasteiger partial charge >= 0.3 is 12.1 Å². The minimum Gasteiger partial charge on any atom is -0.497 e. The number of carbonyl (C=O) groups is 2. The molecule has 2 aromatic rings. The second-order valence-corrected chi connectivity index (χ2v) is 8.38. The molecule has 2 aromatic carbocycles. The van der Waals surface area contributed by atoms with Gasteiger partial charge in [0.25, 0.3) is 0 Å². The Hall–Kier alpha value is -3.22. The highest BCUT2D eigenvalue weighted by Crippen LogP contribution is 2.34. The van der Waals surface area contributed by atoms with Crippen LogP contribution in [0.3, 0.4) is 0 Å². The number of carboxylic acid groups (broad SMARTS) is 1. The number of carbonyl (C=O) groups excluding carboxylic acids is 1. The van der Waals surface area contributed by atoms with E-state index in [2.05, 4.69) is 0 Å². The highest BCUT2D eigenvalue weighted by atomic mass is 16.6. The van der Waals surface area contributed by atoms with Crippen molar-refractivity contribution in [2.75, 3.05) is 20.2 Å². The summed E-state index contributed by atoms with van der Waals surface area (Å²) in [6.45, 7) is 8.07. The maximum absolute atomic E-state index is 12.6. The molecule has 7 heteroatoms. The third-order valence-corrected chi connectivity index (χ3v) is 5.54. The van der Waals surface area contributed by atoms with E-state index >= 15 is 0 Å². The molecular weight excluding hydrogens is 398 g/mol. The third-order valence-electron chi connectivity index (χ3n) is 5.54. The second kappa shape index (κ2) is 8.88. The van der Waals surface area contributed by atoms with E-state index in [1.165, 1.54) is 13.8 Å². The lowest BCUT2D eigenvalue weighted by molar-refractivity contribution is -0.152. The highest BCUT2D eigenvalue weighted by molar-refractivity contribution is 5.77. The number of aryl methyl sites for hydroxylation is 2. The van der Waals surface area contributed by atoms with Crippen molar-refractivity contribution in [1.82, 2.24) is 4.90 Å². The van der Waals surface area contributed by atoms with E-state index in [0.29, 0.717) is 30.3 Å². The van der Waals surface area contributed by atoms with Crippen molar-refractivity contribution < 1.29 is 28.9 Å². The normalized spacial score (nSPS) is 16.2. The quantitative estimate of drug-likeness (QED) is 0.728. The van der Waals surface area contributed by atoms with Gasteiger partial charge in [0.15, 0.2) is 5.60 Å². The van der Waals surface area contributed by atoms with Crippen LogP contribution in [0.15, 0.2) is 36.4 Å². The Morgan fingerprint density at radius 2 is 1.65 bits per heavy atom. The average molecular weight is 427 g/mol. The van der Waals surface area contributed by atoms with E-state index in [-0.39, 0.29) is 12.0 Å². The van der Waals surface area contributed by atoms with Gasteiger partial charge in [0.2, 0.25) is 0 Å². The minimum absolute atomic E-state index is 0.183. The molecule has 1 atom stereocenters. The molecule has 1 aliphatic heterocycles. The Kier molecular flexibility index (Phi) is 6.43. The predicted molar refractivity (Wildman–Crippen MR) is 116 cm³/mol. The van der Waals surface area contributed by atoms with Crippen LogP contribution < -0.4 is 14.2 Å². The van der Waals surface area contributed by atoms with Gasteiger partial charge in [-0.15, -0.1) is 0 Å². The lowest BCUT2D eigenvalue weighted by Gasteiger charge is -2.25. The monoisotopic (exact) mass is 427 g/mol. The molecule has 0 aromatic heterocycles. The average Bonchev–Trinajstić information content (AvgIpc) is 3.21. The molecule has 1 heterocycles. The Morgan fingerprint density at radius 3 is 2.19 bits per heavy atom. The number of aliphatic carboxylic acids is 1. The lowest BCUT2D eigenvalue weighted by atomic mass is 9.94. The van der Waals surface area contributed by atoms with E-state index in [0.717, 1.165) is 23.1 Å². The zero-order valence-corrected chi connectivity index (χ0v) is 18.6. The number of likely N-dealkylation sites (tertiary alicyclic amines) is 1. The molecule has 0 spiro atoms. The molecule has 0 aliphatic carbocycles. The van der Waals surface area contributed by atoms with E-state index in [1.807, 2.05) is 26.0 Å². The molecule has 0 radical (unpaired) electrons. The standard InChI is InChI=1S/C24H29NO6/c1-15-12-18(13-16(2)21(15)31-24(3,4)22(26)27)17-10-11-25(14-17)23(28)30-20-8-6-19(29-5)7-9-20/h6-9,12-13,17H,10-11,14H2,1-5H3,(H,26,27). The van der Waals surface area contributed by atoms with Crippen LogP contribution in [0.2, 0.25) is 0 Å². The number of amides is 1. The van der Waals surface area contributed by atoms with E-state index < -0.39 is 11.6 Å². The van der Waals surface area contributed by atoms with Gasteiger partial charge in [0, 0.05) is 19.0 Å². The lowest BCUT2D eigenvalue weighted by Crippen LogP contribution is -2.38. The first kappa shape index (κ1) is 22.5. The van der Waals surface area contributed by atoms with Crippen molar-refractivity contribution >= 4 is 12.1 Å². The molecule has 0 saturated carbocycles. The van der Waals surface area contributed by atoms with Gasteiger partial charge in [-0.2, -0.15) is 0 Å². The number of hydrogen-bond donors (Lipinski definition) is 1. The topological polar surface area (TPSA) is 85.3 Å². The van der Waals surface area contributed by atoms with E-state index in [1.54, 1.807) is 36.3 Å². The van der Waals surface area contributed by atoms with Crippen LogP contribution in [0.4, 0.5) is 4.79 Å². The fourth-order valence-electron chi connectivity index (χ4n) is 3.69. The molecule has 1 amide bonds. The SMILES string of the molecule is COc1ccc(OC(=O)N2CCC(c3cc(C)c(OC(C)(C)C(=O)O)c(C)c3)C2)cc1. The summed E-state index contributed by atoms with van der Waals surface area (Å²) in [5.74, 6) is 0.930. The highest BCUT2D eigenvalue weighted by Gasteiger charge is 2.32. The number of benzene rings is 2. The summed E-state index contributed by atoms with van der Waals surface area (Å²) in [4.78, 5) is 25.7. The Labute approximate surface area is 182 Å². The number of hydrogen-bond acceptors (Lipinski definition) is 5. The van der Waals surface area contributed by atoms with Crippen molar-refractivity contribution in [1.29, 1.82) is 0 Å². The summed E-state index contributed by atoms with van der Waals surface area (Å²) < 4.78 is 16.4. The zero-order chi connectivity index (χ0) is 22.8. The summed E-state index contributed by atoms with van der Waals surface area (Å²) in [6, 6.07) is 10.9. The zero-order valence-electron chi connectivity index (χ0n) is 18.6. The maximum Gasteiger partial charge on any atom is 0.415 e. The van der Waals surface area contributed by atoms with Crippen LogP contribution in [0.25, 0.3) is 0 Å². The fraction of sp³-hybridized carbons (Fsp3) is 0.417. The molecule has 1 aliphatic rings. The number of ether oxygens (including phenoxy) is 3. The van der Waals surface area contributed by atoms with Gasteiger partial charge in [0.05, 0.1) is 7.11 Å². The van der Waals surface area contributed by atoms with E-state index in [4.69, 9.17) is 14.2 Å². The minimum atomic E-state index is -1.31. The maximum atomic E-state index is 12.6. The van der Waals surface area contributed by atoms with Gasteiger partial charge < -0.3 is 24.2 Å². The molecule has 7 nitrogen and oxygen atoms in total. The smallest absolute Gasteiger partial charge is 0.415 e. The molecule has 1 unspecified atom stereocenters. The largest absolute Gasteiger partial charge is 0.497 e. The van der Waals surface area contributed by atoms with Crippen molar-refractivity contribution in [3.8, 4) is 17.2 Å². The Bertz CT molecular complexity index is 944. The summed E-state index contributed by atoms with van der Waals surface area (Å²) >= 11 is 0. The van der Waals surface area contributed by atoms with Gasteiger partial charge in [-0.25, -0.2) is 9.59 Å². The summed E-state index contributed by atoms with van der Waals surface area (Å²) in [5.41, 5.74) is 1.55. The first-order valence-corrected chi connectivity index (χ1v) is 10.2. The Morgan fingerprint density at radius 1 is 1.06 bits per heavy atom. The first-order valence-electron chi connectivity index (χ1n) is 10.2. The van der Waals surface area contributed by atoms with Crippen LogP contribution in [0.1, 0.15) is 42.9 Å². The van der Waals surface area contributed by atoms with E-state index in [9.17, 15) is 14.7 Å². The van der Waals surface area contributed by atoms with Crippen LogP contribution in [0, 0.1) is 13.8 Å². The fourth-order valence-corrected chi connectivity index (χ4v) is 3.69. The predicted octanol–water partition coefficient (Wildman–Crippen LogP) is 4.54. The molecule has 31 heavy (non-hydrogen) atoms. The van der Waals surface area contributed by atoms with Gasteiger partial charge in [-0.1, -0.05) is 12.1 Å². The molecule has 1 N–H and O–H groups in total. The number of methoxy groups -OCH3 is 1. The number of nitrogens with zero attached hydrogens (tertiary/aromatic N) is 1. The second-order valence-electron chi connectivity index (χ2n) is 8.38. The molecule has 1 saturated heterocycles. The molecule has 166 valence electrons. The Balaban J connectivity index is 1.67. The first-order chi connectivity index (χ1) is 14.6. The van der Waals surface area contributed by atoms with Crippen LogP contribution in [0.5, 0.6) is 17.2 Å². The molecule has 3 rings (SSSR count). The third kappa shape index (κ3) is 5.10. The van der Waals surface area contributed by atoms with Crippen molar-refractivity contribution in [3.05, 3.63) is 53.1 Å². The van der Waals surface area contributed by atoms with Crippen LogP contribution in [-0.4, -0.2) is 47.9 Å². The molecule has 1 fully saturated rings. The van der Waals surface area contributed by atoms with Gasteiger partial charge in [-0.05, 0) is 75.1 Å². The number of carboxylic acids is 1. The summed E-state index contributed by atoms with van der Waals surface area (Å²) in [7, 11) is 1.58. The molecular formula is C24H29NO6.